The van der Waals surface area contributed by atoms with E-state index in [1.165, 1.54) is 24.3 Å². The molecule has 0 saturated carbocycles. The van der Waals surface area contributed by atoms with E-state index in [0.29, 0.717) is 11.4 Å². The van der Waals surface area contributed by atoms with Crippen molar-refractivity contribution in [2.75, 3.05) is 9.80 Å². The van der Waals surface area contributed by atoms with E-state index >= 15 is 0 Å². The van der Waals surface area contributed by atoms with E-state index in [4.69, 9.17) is 0 Å². The van der Waals surface area contributed by atoms with Crippen molar-refractivity contribution in [2.24, 2.45) is 0 Å². The molecule has 0 N–H and O–H groups in total. The minimum atomic E-state index is -0.352. The second-order valence-corrected chi connectivity index (χ2v) is 6.69. The second-order valence-electron chi connectivity index (χ2n) is 6.69. The van der Waals surface area contributed by atoms with Gasteiger partial charge in [0.1, 0.15) is 0 Å². The first kappa shape index (κ1) is 17.6. The summed E-state index contributed by atoms with van der Waals surface area (Å²) in [5.74, 6) is -1.41. The highest BCUT2D eigenvalue weighted by molar-refractivity contribution is 6.29. The van der Waals surface area contributed by atoms with Crippen LogP contribution < -0.4 is 9.80 Å². The van der Waals surface area contributed by atoms with Gasteiger partial charge in [-0.25, -0.2) is 9.80 Å². The van der Waals surface area contributed by atoms with Crippen molar-refractivity contribution in [2.45, 2.75) is 13.8 Å². The fourth-order valence-electron chi connectivity index (χ4n) is 3.45. The fraction of sp³-hybridized carbons (Fsp3) is 0.0909. The molecule has 0 radical (unpaired) electrons. The summed E-state index contributed by atoms with van der Waals surface area (Å²) in [5.41, 5.74) is 4.49. The molecule has 4 amide bonds. The topological polar surface area (TPSA) is 74.8 Å². The van der Waals surface area contributed by atoms with Crippen LogP contribution in [-0.2, 0) is 19.2 Å². The first-order chi connectivity index (χ1) is 13.4. The molecule has 2 heterocycles. The monoisotopic (exact) mass is 372 g/mol. The lowest BCUT2D eigenvalue weighted by atomic mass is 9.99. The lowest BCUT2D eigenvalue weighted by Gasteiger charge is -2.19. The molecule has 0 fully saturated rings. The van der Waals surface area contributed by atoms with E-state index in [-0.39, 0.29) is 23.6 Å². The third-order valence-electron chi connectivity index (χ3n) is 4.83. The second kappa shape index (κ2) is 6.42. The average molecular weight is 372 g/mol. The molecule has 0 saturated heterocycles. The average Bonchev–Trinajstić information content (AvgIpc) is 3.17. The molecular formula is C22H16N2O4. The molecule has 2 aliphatic rings. The fourth-order valence-corrected chi connectivity index (χ4v) is 3.45. The zero-order chi connectivity index (χ0) is 20.0. The maximum absolute atomic E-state index is 11.9. The van der Waals surface area contributed by atoms with Crippen molar-refractivity contribution in [1.82, 2.24) is 0 Å². The van der Waals surface area contributed by atoms with Crippen LogP contribution in [0.5, 0.6) is 0 Å². The summed E-state index contributed by atoms with van der Waals surface area (Å²) in [4.78, 5) is 49.9. The SMILES string of the molecule is Cc1cc(-c2ccc(N3C(=O)C=CC3=O)c(C)c2)ccc1N1C(=O)C=CC1=O. The largest absolute Gasteiger partial charge is 0.269 e. The summed E-state index contributed by atoms with van der Waals surface area (Å²) >= 11 is 0. The lowest BCUT2D eigenvalue weighted by Crippen LogP contribution is -2.30. The molecular weight excluding hydrogens is 356 g/mol. The van der Waals surface area contributed by atoms with Crippen molar-refractivity contribution in [3.05, 3.63) is 71.8 Å². The maximum Gasteiger partial charge on any atom is 0.258 e. The molecule has 0 aromatic heterocycles. The van der Waals surface area contributed by atoms with Crippen molar-refractivity contribution < 1.29 is 19.2 Å². The van der Waals surface area contributed by atoms with Gasteiger partial charge in [-0.05, 0) is 60.4 Å². The van der Waals surface area contributed by atoms with Gasteiger partial charge in [0.25, 0.3) is 23.6 Å². The van der Waals surface area contributed by atoms with Crippen LogP contribution in [0.2, 0.25) is 0 Å². The van der Waals surface area contributed by atoms with Crippen LogP contribution in [0.4, 0.5) is 11.4 Å². The van der Waals surface area contributed by atoms with E-state index < -0.39 is 0 Å². The Balaban J connectivity index is 1.67. The summed E-state index contributed by atoms with van der Waals surface area (Å²) in [6, 6.07) is 11.0. The van der Waals surface area contributed by atoms with Gasteiger partial charge >= 0.3 is 0 Å². The van der Waals surface area contributed by atoms with E-state index in [1.54, 1.807) is 12.1 Å². The molecule has 0 aliphatic carbocycles. The number of benzene rings is 2. The van der Waals surface area contributed by atoms with E-state index in [9.17, 15) is 19.2 Å². The van der Waals surface area contributed by atoms with E-state index in [2.05, 4.69) is 0 Å². The Morgan fingerprint density at radius 3 is 1.14 bits per heavy atom. The van der Waals surface area contributed by atoms with Gasteiger partial charge in [-0.2, -0.15) is 0 Å². The number of hydrogen-bond acceptors (Lipinski definition) is 4. The maximum atomic E-state index is 11.9. The van der Waals surface area contributed by atoms with E-state index in [0.717, 1.165) is 32.1 Å². The predicted octanol–water partition coefficient (Wildman–Crippen LogP) is 2.83. The van der Waals surface area contributed by atoms with Gasteiger partial charge < -0.3 is 0 Å². The highest BCUT2D eigenvalue weighted by atomic mass is 16.2. The van der Waals surface area contributed by atoms with Crippen molar-refractivity contribution >= 4 is 35.0 Å². The number of carbonyl (C=O) groups is 4. The molecule has 2 aromatic carbocycles. The standard InChI is InChI=1S/C22H16N2O4/c1-13-11-15(3-5-17(13)23-19(25)7-8-20(23)26)16-4-6-18(14(2)12-16)24-21(27)9-10-22(24)28/h3-12H,1-2H3. The minimum Gasteiger partial charge on any atom is -0.269 e. The molecule has 28 heavy (non-hydrogen) atoms. The Morgan fingerprint density at radius 2 is 0.857 bits per heavy atom. The summed E-state index contributed by atoms with van der Waals surface area (Å²) in [7, 11) is 0. The molecule has 0 bridgehead atoms. The quantitative estimate of drug-likeness (QED) is 0.777. The zero-order valence-corrected chi connectivity index (χ0v) is 15.3. The van der Waals surface area contributed by atoms with Gasteiger partial charge in [-0.15, -0.1) is 0 Å². The number of carbonyl (C=O) groups excluding carboxylic acids is 4. The van der Waals surface area contributed by atoms with Gasteiger partial charge in [0.15, 0.2) is 0 Å². The van der Waals surface area contributed by atoms with Crippen LogP contribution in [0.1, 0.15) is 11.1 Å². The predicted molar refractivity (Wildman–Crippen MR) is 105 cm³/mol. The Hall–Kier alpha value is -3.80. The van der Waals surface area contributed by atoms with Crippen LogP contribution in [-0.4, -0.2) is 23.6 Å². The van der Waals surface area contributed by atoms with Gasteiger partial charge in [-0.3, -0.25) is 19.2 Å². The Morgan fingerprint density at radius 1 is 0.536 bits per heavy atom. The Bertz CT molecular complexity index is 1000. The first-order valence-electron chi connectivity index (χ1n) is 8.71. The van der Waals surface area contributed by atoms with Crippen LogP contribution in [0.25, 0.3) is 11.1 Å². The number of anilines is 2. The minimum absolute atomic E-state index is 0.352. The van der Waals surface area contributed by atoms with Crippen LogP contribution in [0, 0.1) is 13.8 Å². The number of aryl methyl sites for hydroxylation is 2. The van der Waals surface area contributed by atoms with Gasteiger partial charge in [0, 0.05) is 24.3 Å². The summed E-state index contributed by atoms with van der Waals surface area (Å²) in [5, 5.41) is 0. The number of hydrogen-bond donors (Lipinski definition) is 0. The normalized spacial score (nSPS) is 16.1. The molecule has 6 nitrogen and oxygen atoms in total. The first-order valence-corrected chi connectivity index (χ1v) is 8.71. The highest BCUT2D eigenvalue weighted by Crippen LogP contribution is 2.32. The smallest absolute Gasteiger partial charge is 0.258 e. The highest BCUT2D eigenvalue weighted by Gasteiger charge is 2.27. The van der Waals surface area contributed by atoms with Crippen LogP contribution in [0.3, 0.4) is 0 Å². The number of rotatable bonds is 3. The lowest BCUT2D eigenvalue weighted by molar-refractivity contribution is -0.121. The number of imide groups is 2. The van der Waals surface area contributed by atoms with Crippen LogP contribution >= 0.6 is 0 Å². The van der Waals surface area contributed by atoms with Crippen molar-refractivity contribution in [3.63, 3.8) is 0 Å². The number of nitrogens with zero attached hydrogens (tertiary/aromatic N) is 2. The van der Waals surface area contributed by atoms with Crippen molar-refractivity contribution in [1.29, 1.82) is 0 Å². The van der Waals surface area contributed by atoms with Gasteiger partial charge in [0.2, 0.25) is 0 Å². The third-order valence-corrected chi connectivity index (χ3v) is 4.83. The van der Waals surface area contributed by atoms with Gasteiger partial charge in [0.05, 0.1) is 11.4 Å². The molecule has 0 atom stereocenters. The van der Waals surface area contributed by atoms with Crippen LogP contribution in [0.15, 0.2) is 60.7 Å². The Labute approximate surface area is 161 Å². The molecule has 138 valence electrons. The molecule has 2 aromatic rings. The molecule has 0 spiro atoms. The number of amides is 4. The molecule has 6 heteroatoms. The van der Waals surface area contributed by atoms with Gasteiger partial charge in [-0.1, -0.05) is 12.1 Å². The molecule has 4 rings (SSSR count). The zero-order valence-electron chi connectivity index (χ0n) is 15.3. The molecule has 2 aliphatic heterocycles. The van der Waals surface area contributed by atoms with E-state index in [1.807, 2.05) is 38.1 Å². The Kier molecular flexibility index (Phi) is 4.04. The summed E-state index contributed by atoms with van der Waals surface area (Å²) < 4.78 is 0. The summed E-state index contributed by atoms with van der Waals surface area (Å²) in [6.07, 6.45) is 5.03. The summed E-state index contributed by atoms with van der Waals surface area (Å²) in [6.45, 7) is 3.68. The third kappa shape index (κ3) is 2.75. The molecule has 0 unspecified atom stereocenters. The van der Waals surface area contributed by atoms with Crippen molar-refractivity contribution in [3.8, 4) is 11.1 Å².